The number of amides is 1. The van der Waals surface area contributed by atoms with Crippen molar-refractivity contribution in [2.75, 3.05) is 26.0 Å². The summed E-state index contributed by atoms with van der Waals surface area (Å²) in [5.74, 6) is 0.729. The van der Waals surface area contributed by atoms with Gasteiger partial charge in [-0.3, -0.25) is 4.79 Å². The molecule has 0 aromatic heterocycles. The smallest absolute Gasteiger partial charge is 0.224 e. The molecule has 0 spiro atoms. The Balaban J connectivity index is 2.71. The van der Waals surface area contributed by atoms with Crippen molar-refractivity contribution in [1.82, 2.24) is 5.32 Å². The SMILES string of the molecule is CNCCCC(=O)Nc1cc(C)c(C)cc1OC. The van der Waals surface area contributed by atoms with Crippen LogP contribution in [0.15, 0.2) is 12.1 Å². The Hall–Kier alpha value is -1.55. The van der Waals surface area contributed by atoms with Gasteiger partial charge in [0.2, 0.25) is 5.91 Å². The standard InChI is InChI=1S/C14H22N2O2/c1-10-8-12(13(18-4)9-11(10)2)16-14(17)6-5-7-15-3/h8-9,15H,5-7H2,1-4H3,(H,16,17). The molecule has 100 valence electrons. The van der Waals surface area contributed by atoms with Crippen molar-refractivity contribution in [3.63, 3.8) is 0 Å². The maximum atomic E-state index is 11.8. The lowest BCUT2D eigenvalue weighted by Crippen LogP contribution is -2.15. The Morgan fingerprint density at radius 3 is 2.56 bits per heavy atom. The van der Waals surface area contributed by atoms with E-state index in [0.29, 0.717) is 12.2 Å². The lowest BCUT2D eigenvalue weighted by molar-refractivity contribution is -0.116. The average Bonchev–Trinajstić information content (AvgIpc) is 2.34. The molecule has 0 radical (unpaired) electrons. The average molecular weight is 250 g/mol. The molecule has 0 saturated heterocycles. The third-order valence-electron chi connectivity index (χ3n) is 2.92. The van der Waals surface area contributed by atoms with Crippen LogP contribution in [0, 0.1) is 13.8 Å². The van der Waals surface area contributed by atoms with E-state index < -0.39 is 0 Å². The molecule has 4 nitrogen and oxygen atoms in total. The first kappa shape index (κ1) is 14.5. The molecule has 0 fully saturated rings. The molecule has 0 unspecified atom stereocenters. The Morgan fingerprint density at radius 2 is 1.94 bits per heavy atom. The highest BCUT2D eigenvalue weighted by Gasteiger charge is 2.09. The lowest BCUT2D eigenvalue weighted by Gasteiger charge is -2.13. The molecule has 1 aromatic rings. The van der Waals surface area contributed by atoms with Crippen LogP contribution in [0.5, 0.6) is 5.75 Å². The predicted molar refractivity (Wildman–Crippen MR) is 74.3 cm³/mol. The van der Waals surface area contributed by atoms with E-state index in [0.717, 1.165) is 29.8 Å². The first-order valence-electron chi connectivity index (χ1n) is 6.18. The molecule has 1 amide bonds. The zero-order valence-corrected chi connectivity index (χ0v) is 11.6. The Morgan fingerprint density at radius 1 is 1.28 bits per heavy atom. The van der Waals surface area contributed by atoms with Crippen LogP contribution in [-0.4, -0.2) is 26.6 Å². The maximum absolute atomic E-state index is 11.8. The molecule has 0 saturated carbocycles. The van der Waals surface area contributed by atoms with E-state index in [1.54, 1.807) is 7.11 Å². The Kier molecular flexibility index (Phi) is 5.65. The van der Waals surface area contributed by atoms with Gasteiger partial charge in [0.25, 0.3) is 0 Å². The molecule has 0 bridgehead atoms. The Labute approximate surface area is 109 Å². The van der Waals surface area contributed by atoms with Crippen LogP contribution in [0.1, 0.15) is 24.0 Å². The van der Waals surface area contributed by atoms with Gasteiger partial charge in [-0.1, -0.05) is 0 Å². The number of hydrogen-bond acceptors (Lipinski definition) is 3. The molecule has 0 aliphatic rings. The largest absolute Gasteiger partial charge is 0.495 e. The van der Waals surface area contributed by atoms with Gasteiger partial charge in [0.05, 0.1) is 12.8 Å². The summed E-state index contributed by atoms with van der Waals surface area (Å²) in [5.41, 5.74) is 3.04. The minimum absolute atomic E-state index is 0.0202. The first-order chi connectivity index (χ1) is 8.58. The molecular weight excluding hydrogens is 228 g/mol. The number of ether oxygens (including phenoxy) is 1. The molecular formula is C14H22N2O2. The van der Waals surface area contributed by atoms with Crippen molar-refractivity contribution in [3.8, 4) is 5.75 Å². The molecule has 0 heterocycles. The summed E-state index contributed by atoms with van der Waals surface area (Å²) in [4.78, 5) is 11.8. The van der Waals surface area contributed by atoms with Crippen LogP contribution in [0.3, 0.4) is 0 Å². The quantitative estimate of drug-likeness (QED) is 0.761. The lowest BCUT2D eigenvalue weighted by atomic mass is 10.1. The molecule has 18 heavy (non-hydrogen) atoms. The monoisotopic (exact) mass is 250 g/mol. The van der Waals surface area contributed by atoms with Crippen LogP contribution in [0.2, 0.25) is 0 Å². The fourth-order valence-corrected chi connectivity index (χ4v) is 1.69. The minimum Gasteiger partial charge on any atom is -0.495 e. The summed E-state index contributed by atoms with van der Waals surface area (Å²) < 4.78 is 5.28. The number of rotatable bonds is 6. The number of carbonyl (C=O) groups is 1. The molecule has 1 rings (SSSR count). The van der Waals surface area contributed by atoms with Gasteiger partial charge in [-0.2, -0.15) is 0 Å². The summed E-state index contributed by atoms with van der Waals surface area (Å²) in [6, 6.07) is 3.89. The van der Waals surface area contributed by atoms with E-state index in [9.17, 15) is 4.79 Å². The predicted octanol–water partition coefficient (Wildman–Crippen LogP) is 2.25. The number of aryl methyl sites for hydroxylation is 2. The van der Waals surface area contributed by atoms with Crippen LogP contribution < -0.4 is 15.4 Å². The van der Waals surface area contributed by atoms with E-state index in [2.05, 4.69) is 10.6 Å². The van der Waals surface area contributed by atoms with E-state index in [1.807, 2.05) is 33.0 Å². The van der Waals surface area contributed by atoms with Gasteiger partial charge in [0, 0.05) is 6.42 Å². The Bertz CT molecular complexity index is 417. The summed E-state index contributed by atoms with van der Waals surface area (Å²) in [6.45, 7) is 4.89. The molecule has 0 aliphatic carbocycles. The number of benzene rings is 1. The number of carbonyl (C=O) groups excluding carboxylic acids is 1. The fraction of sp³-hybridized carbons (Fsp3) is 0.500. The second-order valence-electron chi connectivity index (χ2n) is 4.39. The first-order valence-corrected chi connectivity index (χ1v) is 6.18. The normalized spacial score (nSPS) is 10.2. The van der Waals surface area contributed by atoms with Gasteiger partial charge >= 0.3 is 0 Å². The van der Waals surface area contributed by atoms with Crippen LogP contribution in [-0.2, 0) is 4.79 Å². The van der Waals surface area contributed by atoms with Gasteiger partial charge in [-0.25, -0.2) is 0 Å². The summed E-state index contributed by atoms with van der Waals surface area (Å²) in [5, 5.41) is 5.92. The summed E-state index contributed by atoms with van der Waals surface area (Å²) >= 11 is 0. The highest BCUT2D eigenvalue weighted by molar-refractivity contribution is 5.92. The van der Waals surface area contributed by atoms with Crippen molar-refractivity contribution < 1.29 is 9.53 Å². The van der Waals surface area contributed by atoms with Crippen molar-refractivity contribution in [2.24, 2.45) is 0 Å². The van der Waals surface area contributed by atoms with Crippen molar-refractivity contribution in [2.45, 2.75) is 26.7 Å². The third kappa shape index (κ3) is 4.04. The van der Waals surface area contributed by atoms with Gasteiger partial charge in [-0.15, -0.1) is 0 Å². The molecule has 2 N–H and O–H groups in total. The van der Waals surface area contributed by atoms with Crippen molar-refractivity contribution in [1.29, 1.82) is 0 Å². The number of methoxy groups -OCH3 is 1. The highest BCUT2D eigenvalue weighted by atomic mass is 16.5. The zero-order valence-electron chi connectivity index (χ0n) is 11.6. The van der Waals surface area contributed by atoms with Crippen molar-refractivity contribution in [3.05, 3.63) is 23.3 Å². The summed E-state index contributed by atoms with van der Waals surface area (Å²) in [7, 11) is 3.49. The fourth-order valence-electron chi connectivity index (χ4n) is 1.69. The third-order valence-corrected chi connectivity index (χ3v) is 2.92. The minimum atomic E-state index is 0.0202. The van der Waals surface area contributed by atoms with Crippen LogP contribution in [0.25, 0.3) is 0 Å². The number of anilines is 1. The van der Waals surface area contributed by atoms with E-state index in [1.165, 1.54) is 0 Å². The second-order valence-corrected chi connectivity index (χ2v) is 4.39. The highest BCUT2D eigenvalue weighted by Crippen LogP contribution is 2.28. The molecule has 4 heteroatoms. The number of nitrogens with one attached hydrogen (secondary N) is 2. The van der Waals surface area contributed by atoms with Gasteiger partial charge in [-0.05, 0) is 57.1 Å². The number of hydrogen-bond donors (Lipinski definition) is 2. The van der Waals surface area contributed by atoms with Gasteiger partial charge in [0.1, 0.15) is 5.75 Å². The van der Waals surface area contributed by atoms with Crippen molar-refractivity contribution >= 4 is 11.6 Å². The van der Waals surface area contributed by atoms with Gasteiger partial charge < -0.3 is 15.4 Å². The van der Waals surface area contributed by atoms with E-state index in [4.69, 9.17) is 4.74 Å². The van der Waals surface area contributed by atoms with E-state index >= 15 is 0 Å². The maximum Gasteiger partial charge on any atom is 0.224 e. The van der Waals surface area contributed by atoms with E-state index in [-0.39, 0.29) is 5.91 Å². The van der Waals surface area contributed by atoms with Gasteiger partial charge in [0.15, 0.2) is 0 Å². The second kappa shape index (κ2) is 7.01. The topological polar surface area (TPSA) is 50.4 Å². The zero-order chi connectivity index (χ0) is 13.5. The van der Waals surface area contributed by atoms with Crippen LogP contribution >= 0.6 is 0 Å². The summed E-state index contributed by atoms with van der Waals surface area (Å²) in [6.07, 6.45) is 1.34. The van der Waals surface area contributed by atoms with Crippen LogP contribution in [0.4, 0.5) is 5.69 Å². The molecule has 1 aromatic carbocycles. The molecule has 0 atom stereocenters. The molecule has 0 aliphatic heterocycles.